The van der Waals surface area contributed by atoms with Crippen molar-refractivity contribution in [1.82, 2.24) is 9.78 Å². The molecule has 0 fully saturated rings. The van der Waals surface area contributed by atoms with Crippen molar-refractivity contribution in [2.45, 2.75) is 26.4 Å². The van der Waals surface area contributed by atoms with Crippen LogP contribution >= 0.6 is 0 Å². The molecule has 1 rings (SSSR count). The number of hydrogen-bond donors (Lipinski definition) is 1. The predicted octanol–water partition coefficient (Wildman–Crippen LogP) is 0.574. The zero-order valence-corrected chi connectivity index (χ0v) is 8.20. The summed E-state index contributed by atoms with van der Waals surface area (Å²) in [6.07, 6.45) is 4.88. The van der Waals surface area contributed by atoms with Gasteiger partial charge in [-0.1, -0.05) is 5.92 Å². The smallest absolute Gasteiger partial charge is 0.118 e. The first-order valence-electron chi connectivity index (χ1n) is 4.19. The predicted molar refractivity (Wildman–Crippen MR) is 51.2 cm³/mol. The number of aliphatic hydroxyl groups is 1. The van der Waals surface area contributed by atoms with Gasteiger partial charge in [-0.05, 0) is 19.4 Å². The van der Waals surface area contributed by atoms with E-state index in [1.165, 1.54) is 0 Å². The van der Waals surface area contributed by atoms with Gasteiger partial charge in [-0.2, -0.15) is 5.10 Å². The standard InChI is InChI=1S/C10H14N2O/c1-5-9(13)6-10-7(2)11-12(4)8(10)3/h1,9,13H,6H2,2-4H3. The van der Waals surface area contributed by atoms with Gasteiger partial charge >= 0.3 is 0 Å². The van der Waals surface area contributed by atoms with Crippen LogP contribution in [0.4, 0.5) is 0 Å². The largest absolute Gasteiger partial charge is 0.380 e. The fourth-order valence-corrected chi connectivity index (χ4v) is 1.37. The van der Waals surface area contributed by atoms with Gasteiger partial charge in [0.1, 0.15) is 6.10 Å². The lowest BCUT2D eigenvalue weighted by atomic mass is 10.1. The zero-order chi connectivity index (χ0) is 10.0. The zero-order valence-electron chi connectivity index (χ0n) is 8.20. The first kappa shape index (κ1) is 9.82. The second-order valence-corrected chi connectivity index (χ2v) is 3.16. The molecule has 1 aromatic heterocycles. The van der Waals surface area contributed by atoms with Gasteiger partial charge in [0.05, 0.1) is 5.69 Å². The average Bonchev–Trinajstić information content (AvgIpc) is 2.32. The van der Waals surface area contributed by atoms with E-state index in [1.807, 2.05) is 20.9 Å². The molecule has 1 heterocycles. The lowest BCUT2D eigenvalue weighted by molar-refractivity contribution is 0.233. The molecule has 0 spiro atoms. The highest BCUT2D eigenvalue weighted by Crippen LogP contribution is 2.13. The maximum atomic E-state index is 9.30. The van der Waals surface area contributed by atoms with Crippen molar-refractivity contribution >= 4 is 0 Å². The van der Waals surface area contributed by atoms with E-state index in [4.69, 9.17) is 6.42 Å². The van der Waals surface area contributed by atoms with Gasteiger partial charge in [-0.25, -0.2) is 0 Å². The number of terminal acetylenes is 1. The molecule has 1 unspecified atom stereocenters. The minimum Gasteiger partial charge on any atom is -0.380 e. The third-order valence-corrected chi connectivity index (χ3v) is 2.25. The van der Waals surface area contributed by atoms with Crippen molar-refractivity contribution in [3.8, 4) is 12.3 Å². The third-order valence-electron chi connectivity index (χ3n) is 2.25. The lowest BCUT2D eigenvalue weighted by Gasteiger charge is -2.03. The van der Waals surface area contributed by atoms with Crippen LogP contribution in [0.15, 0.2) is 0 Å². The summed E-state index contributed by atoms with van der Waals surface area (Å²) in [4.78, 5) is 0. The molecular weight excluding hydrogens is 164 g/mol. The summed E-state index contributed by atoms with van der Waals surface area (Å²) in [6, 6.07) is 0. The van der Waals surface area contributed by atoms with Gasteiger partial charge in [0, 0.05) is 19.2 Å². The molecule has 0 aliphatic carbocycles. The summed E-state index contributed by atoms with van der Waals surface area (Å²) in [7, 11) is 1.88. The van der Waals surface area contributed by atoms with Crippen LogP contribution in [0, 0.1) is 26.2 Å². The van der Waals surface area contributed by atoms with E-state index in [2.05, 4.69) is 11.0 Å². The van der Waals surface area contributed by atoms with Crippen molar-refractivity contribution < 1.29 is 5.11 Å². The summed E-state index contributed by atoms with van der Waals surface area (Å²) in [5.41, 5.74) is 3.05. The van der Waals surface area contributed by atoms with Gasteiger partial charge in [0.15, 0.2) is 0 Å². The maximum Gasteiger partial charge on any atom is 0.118 e. The molecule has 3 nitrogen and oxygen atoms in total. The molecule has 0 saturated heterocycles. The number of aromatic nitrogens is 2. The Morgan fingerprint density at radius 2 is 2.23 bits per heavy atom. The number of nitrogens with zero attached hydrogens (tertiary/aromatic N) is 2. The van der Waals surface area contributed by atoms with Gasteiger partial charge in [0.2, 0.25) is 0 Å². The molecule has 0 radical (unpaired) electrons. The second kappa shape index (κ2) is 3.63. The Hall–Kier alpha value is -1.27. The fraction of sp³-hybridized carbons (Fsp3) is 0.500. The third kappa shape index (κ3) is 1.90. The van der Waals surface area contributed by atoms with Gasteiger partial charge in [0.25, 0.3) is 0 Å². The molecular formula is C10H14N2O. The Bertz CT molecular complexity index is 347. The highest BCUT2D eigenvalue weighted by Gasteiger charge is 2.11. The second-order valence-electron chi connectivity index (χ2n) is 3.16. The Balaban J connectivity index is 2.95. The van der Waals surface area contributed by atoms with Crippen LogP contribution < -0.4 is 0 Å². The molecule has 1 aromatic rings. The number of hydrogen-bond acceptors (Lipinski definition) is 2. The number of rotatable bonds is 2. The molecule has 0 aliphatic heterocycles. The fourth-order valence-electron chi connectivity index (χ4n) is 1.37. The van der Waals surface area contributed by atoms with E-state index in [0.717, 1.165) is 17.0 Å². The van der Waals surface area contributed by atoms with E-state index in [-0.39, 0.29) is 0 Å². The summed E-state index contributed by atoms with van der Waals surface area (Å²) in [5, 5.41) is 13.5. The summed E-state index contributed by atoms with van der Waals surface area (Å²) < 4.78 is 1.80. The van der Waals surface area contributed by atoms with E-state index in [1.54, 1.807) is 4.68 Å². The van der Waals surface area contributed by atoms with Gasteiger partial charge in [-0.15, -0.1) is 6.42 Å². The van der Waals surface area contributed by atoms with Gasteiger partial charge < -0.3 is 5.11 Å². The highest BCUT2D eigenvalue weighted by molar-refractivity contribution is 5.26. The van der Waals surface area contributed by atoms with Crippen molar-refractivity contribution in [2.24, 2.45) is 7.05 Å². The molecule has 0 bridgehead atoms. The van der Waals surface area contributed by atoms with Crippen LogP contribution in [0.2, 0.25) is 0 Å². The quantitative estimate of drug-likeness (QED) is 0.672. The Labute approximate surface area is 78.4 Å². The molecule has 0 aromatic carbocycles. The normalized spacial score (nSPS) is 12.5. The molecule has 1 N–H and O–H groups in total. The Morgan fingerprint density at radius 1 is 1.62 bits per heavy atom. The Kier molecular flexibility index (Phi) is 2.74. The summed E-state index contributed by atoms with van der Waals surface area (Å²) in [6.45, 7) is 3.89. The van der Waals surface area contributed by atoms with Crippen LogP contribution in [-0.4, -0.2) is 21.0 Å². The molecule has 70 valence electrons. The van der Waals surface area contributed by atoms with Crippen molar-refractivity contribution in [3.05, 3.63) is 17.0 Å². The SMILES string of the molecule is C#CC(O)Cc1c(C)nn(C)c1C. The van der Waals surface area contributed by atoms with Crippen molar-refractivity contribution in [2.75, 3.05) is 0 Å². The van der Waals surface area contributed by atoms with E-state index >= 15 is 0 Å². The van der Waals surface area contributed by atoms with Crippen molar-refractivity contribution in [1.29, 1.82) is 0 Å². The minimum atomic E-state index is -0.707. The highest BCUT2D eigenvalue weighted by atomic mass is 16.3. The van der Waals surface area contributed by atoms with Crippen LogP contribution in [0.25, 0.3) is 0 Å². The average molecular weight is 178 g/mol. The van der Waals surface area contributed by atoms with E-state index < -0.39 is 6.10 Å². The lowest BCUT2D eigenvalue weighted by Crippen LogP contribution is -2.08. The van der Waals surface area contributed by atoms with Gasteiger partial charge in [-0.3, -0.25) is 4.68 Å². The summed E-state index contributed by atoms with van der Waals surface area (Å²) in [5.74, 6) is 2.30. The minimum absolute atomic E-state index is 0.488. The molecule has 0 amide bonds. The first-order chi connectivity index (χ1) is 6.06. The molecule has 0 aliphatic rings. The van der Waals surface area contributed by atoms with Crippen LogP contribution in [0.5, 0.6) is 0 Å². The molecule has 0 saturated carbocycles. The molecule has 13 heavy (non-hydrogen) atoms. The maximum absolute atomic E-state index is 9.30. The topological polar surface area (TPSA) is 38.1 Å². The summed E-state index contributed by atoms with van der Waals surface area (Å²) >= 11 is 0. The first-order valence-corrected chi connectivity index (χ1v) is 4.19. The number of aliphatic hydroxyl groups excluding tert-OH is 1. The van der Waals surface area contributed by atoms with E-state index in [0.29, 0.717) is 6.42 Å². The number of aryl methyl sites for hydroxylation is 2. The molecule has 1 atom stereocenters. The van der Waals surface area contributed by atoms with E-state index in [9.17, 15) is 5.11 Å². The van der Waals surface area contributed by atoms with Crippen molar-refractivity contribution in [3.63, 3.8) is 0 Å². The Morgan fingerprint density at radius 3 is 2.62 bits per heavy atom. The molecule has 3 heteroatoms. The van der Waals surface area contributed by atoms with Crippen LogP contribution in [0.1, 0.15) is 17.0 Å². The van der Waals surface area contributed by atoms with Crippen LogP contribution in [-0.2, 0) is 13.5 Å². The monoisotopic (exact) mass is 178 g/mol. The van der Waals surface area contributed by atoms with Crippen LogP contribution in [0.3, 0.4) is 0 Å².